The highest BCUT2D eigenvalue weighted by Gasteiger charge is 2.16. The van der Waals surface area contributed by atoms with Crippen molar-refractivity contribution in [3.8, 4) is 67.5 Å². The number of fused-ring (bicyclic) bond motifs is 6. The molecule has 3 heterocycles. The molecule has 56 heavy (non-hydrogen) atoms. The highest BCUT2D eigenvalue weighted by Crippen LogP contribution is 2.39. The maximum absolute atomic E-state index is 6.32. The van der Waals surface area contributed by atoms with Crippen molar-refractivity contribution in [2.45, 2.75) is 0 Å². The molecule has 0 bridgehead atoms. The van der Waals surface area contributed by atoms with E-state index in [1.54, 1.807) is 0 Å². The summed E-state index contributed by atoms with van der Waals surface area (Å²) in [6.07, 6.45) is 0. The second-order valence-electron chi connectivity index (χ2n) is 14.0. The summed E-state index contributed by atoms with van der Waals surface area (Å²) < 4.78 is 12.5. The molecule has 5 nitrogen and oxygen atoms in total. The Hall–Kier alpha value is -7.63. The predicted molar refractivity (Wildman–Crippen MR) is 227 cm³/mol. The lowest BCUT2D eigenvalue weighted by atomic mass is 9.97. The lowest BCUT2D eigenvalue weighted by molar-refractivity contribution is 0.656. The Morgan fingerprint density at radius 3 is 1.27 bits per heavy atom. The number of para-hydroxylation sites is 1. The van der Waals surface area contributed by atoms with Gasteiger partial charge in [-0.15, -0.1) is 0 Å². The van der Waals surface area contributed by atoms with Gasteiger partial charge in [-0.1, -0.05) is 140 Å². The number of furan rings is 2. The lowest BCUT2D eigenvalue weighted by Gasteiger charge is -2.11. The van der Waals surface area contributed by atoms with Crippen molar-refractivity contribution in [2.24, 2.45) is 0 Å². The van der Waals surface area contributed by atoms with E-state index < -0.39 is 0 Å². The van der Waals surface area contributed by atoms with Gasteiger partial charge in [0.1, 0.15) is 22.3 Å². The van der Waals surface area contributed by atoms with Crippen molar-refractivity contribution in [3.63, 3.8) is 0 Å². The van der Waals surface area contributed by atoms with Crippen LogP contribution in [0.3, 0.4) is 0 Å². The molecule has 11 rings (SSSR count). The molecular formula is C51H31N3O2. The van der Waals surface area contributed by atoms with E-state index in [0.29, 0.717) is 17.5 Å². The highest BCUT2D eigenvalue weighted by molar-refractivity contribution is 6.15. The molecule has 0 amide bonds. The molecule has 3 aromatic heterocycles. The van der Waals surface area contributed by atoms with Crippen molar-refractivity contribution in [1.82, 2.24) is 15.0 Å². The maximum Gasteiger partial charge on any atom is 0.164 e. The van der Waals surface area contributed by atoms with E-state index in [0.717, 1.165) is 93.9 Å². The Balaban J connectivity index is 0.979. The number of rotatable bonds is 6. The maximum atomic E-state index is 6.32. The number of nitrogens with zero attached hydrogens (tertiary/aromatic N) is 3. The highest BCUT2D eigenvalue weighted by atomic mass is 16.3. The van der Waals surface area contributed by atoms with Crippen LogP contribution in [0.4, 0.5) is 0 Å². The quantitative estimate of drug-likeness (QED) is 0.171. The molecule has 0 saturated heterocycles. The van der Waals surface area contributed by atoms with E-state index in [-0.39, 0.29) is 0 Å². The van der Waals surface area contributed by atoms with Crippen molar-refractivity contribution in [3.05, 3.63) is 188 Å². The zero-order valence-electron chi connectivity index (χ0n) is 30.1. The number of aromatic nitrogens is 3. The molecule has 0 radical (unpaired) electrons. The Morgan fingerprint density at radius 2 is 0.643 bits per heavy atom. The summed E-state index contributed by atoms with van der Waals surface area (Å²) in [5, 5.41) is 4.34. The summed E-state index contributed by atoms with van der Waals surface area (Å²) in [6.45, 7) is 0. The van der Waals surface area contributed by atoms with Crippen LogP contribution < -0.4 is 0 Å². The Morgan fingerprint density at radius 1 is 0.232 bits per heavy atom. The van der Waals surface area contributed by atoms with Crippen LogP contribution in [0.5, 0.6) is 0 Å². The molecule has 0 aliphatic carbocycles. The summed E-state index contributed by atoms with van der Waals surface area (Å²) in [4.78, 5) is 15.1. The SMILES string of the molecule is c1ccc(-c2cccc(-c3nc(-c4ccccc4)nc(-c4cccc(-c5cccc(-c6ccc7oc8cc9oc%10ccccc%10c9cc8c7c6)c5)c4)n3)c2)cc1. The summed E-state index contributed by atoms with van der Waals surface area (Å²) in [7, 11) is 0. The number of hydrogen-bond donors (Lipinski definition) is 0. The molecule has 0 aliphatic heterocycles. The van der Waals surface area contributed by atoms with E-state index in [4.69, 9.17) is 23.8 Å². The first-order valence-corrected chi connectivity index (χ1v) is 18.7. The fraction of sp³-hybridized carbons (Fsp3) is 0. The molecule has 11 aromatic rings. The molecule has 0 unspecified atom stereocenters. The second-order valence-corrected chi connectivity index (χ2v) is 14.0. The van der Waals surface area contributed by atoms with Gasteiger partial charge in [0.2, 0.25) is 0 Å². The van der Waals surface area contributed by atoms with E-state index in [2.05, 4.69) is 127 Å². The molecule has 0 saturated carbocycles. The van der Waals surface area contributed by atoms with E-state index in [1.807, 2.05) is 60.7 Å². The fourth-order valence-corrected chi connectivity index (χ4v) is 7.71. The summed E-state index contributed by atoms with van der Waals surface area (Å²) >= 11 is 0. The molecule has 8 aromatic carbocycles. The van der Waals surface area contributed by atoms with Crippen LogP contribution >= 0.6 is 0 Å². The van der Waals surface area contributed by atoms with Gasteiger partial charge in [0.25, 0.3) is 0 Å². The first-order chi connectivity index (χ1) is 27.7. The van der Waals surface area contributed by atoms with Crippen LogP contribution in [0.25, 0.3) is 111 Å². The number of hydrogen-bond acceptors (Lipinski definition) is 5. The average Bonchev–Trinajstić information content (AvgIpc) is 3.83. The third-order valence-electron chi connectivity index (χ3n) is 10.5. The van der Waals surface area contributed by atoms with Crippen molar-refractivity contribution < 1.29 is 8.83 Å². The fourth-order valence-electron chi connectivity index (χ4n) is 7.71. The number of benzene rings is 8. The smallest absolute Gasteiger partial charge is 0.164 e. The van der Waals surface area contributed by atoms with Crippen molar-refractivity contribution in [1.29, 1.82) is 0 Å². The van der Waals surface area contributed by atoms with Crippen LogP contribution in [0.1, 0.15) is 0 Å². The van der Waals surface area contributed by atoms with E-state index >= 15 is 0 Å². The van der Waals surface area contributed by atoms with Gasteiger partial charge in [-0.3, -0.25) is 0 Å². The Labute approximate surface area is 322 Å². The molecule has 0 fully saturated rings. The molecule has 0 N–H and O–H groups in total. The Kier molecular flexibility index (Phi) is 7.42. The average molecular weight is 718 g/mol. The van der Waals surface area contributed by atoms with Gasteiger partial charge >= 0.3 is 0 Å². The van der Waals surface area contributed by atoms with E-state index in [1.165, 1.54) is 0 Å². The summed E-state index contributed by atoms with van der Waals surface area (Å²) in [6, 6.07) is 64.8. The topological polar surface area (TPSA) is 65.0 Å². The molecule has 5 heteroatoms. The summed E-state index contributed by atoms with van der Waals surface area (Å²) in [5.41, 5.74) is 12.8. The van der Waals surface area contributed by atoms with Crippen LogP contribution in [0, 0.1) is 0 Å². The minimum Gasteiger partial charge on any atom is -0.456 e. The molecular weight excluding hydrogens is 687 g/mol. The van der Waals surface area contributed by atoms with Crippen molar-refractivity contribution >= 4 is 43.9 Å². The second kappa shape index (κ2) is 13.0. The third-order valence-corrected chi connectivity index (χ3v) is 10.5. The van der Waals surface area contributed by atoms with Crippen LogP contribution in [0.15, 0.2) is 197 Å². The largest absolute Gasteiger partial charge is 0.456 e. The van der Waals surface area contributed by atoms with Crippen LogP contribution in [-0.4, -0.2) is 15.0 Å². The van der Waals surface area contributed by atoms with Gasteiger partial charge in [0.15, 0.2) is 17.5 Å². The molecule has 0 atom stereocenters. The molecule has 0 spiro atoms. The molecule has 0 aliphatic rings. The van der Waals surface area contributed by atoms with E-state index in [9.17, 15) is 0 Å². The predicted octanol–water partition coefficient (Wildman–Crippen LogP) is 13.7. The zero-order valence-corrected chi connectivity index (χ0v) is 30.1. The van der Waals surface area contributed by atoms with Gasteiger partial charge < -0.3 is 8.83 Å². The van der Waals surface area contributed by atoms with Gasteiger partial charge in [0.05, 0.1) is 0 Å². The Bertz CT molecular complexity index is 3250. The standard InChI is InChI=1S/C51H31N3O2/c1-3-12-32(13-4-1)34-16-10-20-39(27-34)50-52-49(33-14-5-2-6-15-33)53-51(54-50)40-21-11-19-37(28-40)35-17-9-18-36(26-35)38-24-25-46-42(29-38)44-30-43-41-22-7-8-23-45(41)55-47(43)31-48(44)56-46/h1-31H. The first kappa shape index (κ1) is 31.9. The normalized spacial score (nSPS) is 11.6. The lowest BCUT2D eigenvalue weighted by Crippen LogP contribution is -2.00. The van der Waals surface area contributed by atoms with Gasteiger partial charge in [0, 0.05) is 44.3 Å². The van der Waals surface area contributed by atoms with Gasteiger partial charge in [-0.2, -0.15) is 0 Å². The van der Waals surface area contributed by atoms with Crippen LogP contribution in [0.2, 0.25) is 0 Å². The minimum atomic E-state index is 0.619. The third kappa shape index (κ3) is 5.62. The first-order valence-electron chi connectivity index (χ1n) is 18.7. The monoisotopic (exact) mass is 717 g/mol. The van der Waals surface area contributed by atoms with Gasteiger partial charge in [-0.25, -0.2) is 15.0 Å². The molecule has 262 valence electrons. The van der Waals surface area contributed by atoms with Gasteiger partial charge in [-0.05, 0) is 75.8 Å². The van der Waals surface area contributed by atoms with Crippen LogP contribution in [-0.2, 0) is 0 Å². The minimum absolute atomic E-state index is 0.619. The summed E-state index contributed by atoms with van der Waals surface area (Å²) in [5.74, 6) is 1.88. The zero-order chi connectivity index (χ0) is 37.0. The van der Waals surface area contributed by atoms with Crippen molar-refractivity contribution in [2.75, 3.05) is 0 Å².